The molecule has 0 aromatic rings. The maximum atomic E-state index is 12.5. The van der Waals surface area contributed by atoms with Crippen LogP contribution in [-0.2, 0) is 9.53 Å². The molecule has 0 aromatic carbocycles. The fourth-order valence-corrected chi connectivity index (χ4v) is 4.92. The summed E-state index contributed by atoms with van der Waals surface area (Å²) < 4.78 is 5.55. The zero-order chi connectivity index (χ0) is 19.9. The van der Waals surface area contributed by atoms with Gasteiger partial charge in [0, 0.05) is 59.5 Å². The van der Waals surface area contributed by atoms with Gasteiger partial charge in [-0.2, -0.15) is 0 Å². The lowest BCUT2D eigenvalue weighted by Gasteiger charge is -2.37. The number of carbonyl (C=O) groups is 1. The first-order valence-electron chi connectivity index (χ1n) is 11.1. The number of nitrogens with one attached hydrogen (secondary N) is 1. The monoisotopic (exact) mass is 521 g/mol. The Morgan fingerprint density at radius 2 is 1.76 bits per heavy atom. The van der Waals surface area contributed by atoms with E-state index >= 15 is 0 Å². The number of ether oxygens (including phenoxy) is 1. The number of amides is 1. The number of piperidine rings is 1. The van der Waals surface area contributed by atoms with Gasteiger partial charge < -0.3 is 24.8 Å². The molecule has 1 amide bonds. The standard InChI is InChI=1S/C21H39N5O2.HI/c1-17-14-18(2)16-24(15-17)8-5-7-23-21(22-3)26-11-9-25(10-12-26)20(27)19-6-4-13-28-19;/h17-19H,4-16H2,1-3H3,(H,22,23);1H. The van der Waals surface area contributed by atoms with E-state index in [0.717, 1.165) is 82.9 Å². The topological polar surface area (TPSA) is 60.4 Å². The van der Waals surface area contributed by atoms with Crippen LogP contribution in [-0.4, -0.2) is 98.7 Å². The first-order valence-corrected chi connectivity index (χ1v) is 11.1. The molecule has 3 rings (SSSR count). The van der Waals surface area contributed by atoms with Gasteiger partial charge in [0.15, 0.2) is 5.96 Å². The Morgan fingerprint density at radius 1 is 1.10 bits per heavy atom. The van der Waals surface area contributed by atoms with Crippen LogP contribution in [0.5, 0.6) is 0 Å². The van der Waals surface area contributed by atoms with Gasteiger partial charge in [-0.25, -0.2) is 0 Å². The summed E-state index contributed by atoms with van der Waals surface area (Å²) in [5.41, 5.74) is 0. The van der Waals surface area contributed by atoms with E-state index in [1.54, 1.807) is 0 Å². The molecule has 3 aliphatic rings. The minimum atomic E-state index is -0.204. The lowest BCUT2D eigenvalue weighted by molar-refractivity contribution is -0.142. The zero-order valence-corrected chi connectivity index (χ0v) is 20.8. The largest absolute Gasteiger partial charge is 0.368 e. The van der Waals surface area contributed by atoms with Gasteiger partial charge in [0.05, 0.1) is 0 Å². The average Bonchev–Trinajstić information content (AvgIpc) is 3.22. The highest BCUT2D eigenvalue weighted by Gasteiger charge is 2.30. The predicted octanol–water partition coefficient (Wildman–Crippen LogP) is 1.87. The van der Waals surface area contributed by atoms with Gasteiger partial charge in [0.2, 0.25) is 0 Å². The van der Waals surface area contributed by atoms with Gasteiger partial charge >= 0.3 is 0 Å². The number of guanidine groups is 1. The van der Waals surface area contributed by atoms with Crippen molar-refractivity contribution in [3.8, 4) is 0 Å². The summed E-state index contributed by atoms with van der Waals surface area (Å²) in [6, 6.07) is 0. The number of carbonyl (C=O) groups excluding carboxylic acids is 1. The lowest BCUT2D eigenvalue weighted by atomic mass is 9.92. The molecule has 3 fully saturated rings. The summed E-state index contributed by atoms with van der Waals surface area (Å²) in [4.78, 5) is 23.8. The van der Waals surface area contributed by atoms with Crippen molar-refractivity contribution < 1.29 is 9.53 Å². The molecule has 0 aliphatic carbocycles. The molecule has 3 heterocycles. The van der Waals surface area contributed by atoms with Gasteiger partial charge in [-0.1, -0.05) is 13.8 Å². The Morgan fingerprint density at radius 3 is 2.34 bits per heavy atom. The SMILES string of the molecule is CN=C(NCCCN1CC(C)CC(C)C1)N1CCN(C(=O)C2CCCO2)CC1.I. The second-order valence-corrected chi connectivity index (χ2v) is 8.85. The Balaban J connectivity index is 0.00000300. The fourth-order valence-electron chi connectivity index (χ4n) is 4.92. The molecule has 0 radical (unpaired) electrons. The third-order valence-electron chi connectivity index (χ3n) is 6.19. The number of aliphatic imine (C=N–C) groups is 1. The minimum absolute atomic E-state index is 0. The van der Waals surface area contributed by atoms with E-state index in [1.807, 2.05) is 11.9 Å². The van der Waals surface area contributed by atoms with E-state index in [1.165, 1.54) is 19.5 Å². The van der Waals surface area contributed by atoms with Gasteiger partial charge in [-0.3, -0.25) is 9.79 Å². The van der Waals surface area contributed by atoms with Crippen LogP contribution in [0.25, 0.3) is 0 Å². The van der Waals surface area contributed by atoms with Crippen LogP contribution >= 0.6 is 24.0 Å². The molecular formula is C21H40IN5O2. The first kappa shape index (κ1) is 24.7. The molecule has 1 N–H and O–H groups in total. The molecule has 3 saturated heterocycles. The van der Waals surface area contributed by atoms with Crippen LogP contribution < -0.4 is 5.32 Å². The highest BCUT2D eigenvalue weighted by atomic mass is 127. The van der Waals surface area contributed by atoms with Crippen molar-refractivity contribution in [2.24, 2.45) is 16.8 Å². The molecule has 0 bridgehead atoms. The van der Waals surface area contributed by atoms with E-state index in [-0.39, 0.29) is 36.0 Å². The third-order valence-corrected chi connectivity index (χ3v) is 6.19. The van der Waals surface area contributed by atoms with Crippen molar-refractivity contribution in [2.75, 3.05) is 66.0 Å². The lowest BCUT2D eigenvalue weighted by Crippen LogP contribution is -2.55. The normalized spacial score (nSPS) is 28.9. The molecule has 3 aliphatic heterocycles. The van der Waals surface area contributed by atoms with Crippen LogP contribution in [0.1, 0.15) is 39.5 Å². The molecule has 168 valence electrons. The highest BCUT2D eigenvalue weighted by molar-refractivity contribution is 14.0. The van der Waals surface area contributed by atoms with E-state index < -0.39 is 0 Å². The number of hydrogen-bond donors (Lipinski definition) is 1. The van der Waals surface area contributed by atoms with Crippen molar-refractivity contribution in [3.05, 3.63) is 0 Å². The fraction of sp³-hybridized carbons (Fsp3) is 0.905. The quantitative estimate of drug-likeness (QED) is 0.259. The van der Waals surface area contributed by atoms with Crippen molar-refractivity contribution in [1.29, 1.82) is 0 Å². The first-order chi connectivity index (χ1) is 13.6. The molecule has 8 heteroatoms. The number of halogens is 1. The van der Waals surface area contributed by atoms with E-state index in [2.05, 4.69) is 34.0 Å². The Kier molecular flexibility index (Phi) is 10.5. The second-order valence-electron chi connectivity index (χ2n) is 8.85. The molecular weight excluding hydrogens is 481 g/mol. The van der Waals surface area contributed by atoms with Crippen LogP contribution in [0.2, 0.25) is 0 Å². The average molecular weight is 521 g/mol. The molecule has 0 aromatic heterocycles. The van der Waals surface area contributed by atoms with Gasteiger partial charge in [0.1, 0.15) is 6.10 Å². The summed E-state index contributed by atoms with van der Waals surface area (Å²) in [5.74, 6) is 2.77. The maximum Gasteiger partial charge on any atom is 0.251 e. The maximum absolute atomic E-state index is 12.5. The summed E-state index contributed by atoms with van der Waals surface area (Å²) in [6.07, 6.45) is 4.17. The van der Waals surface area contributed by atoms with Gasteiger partial charge in [0.25, 0.3) is 5.91 Å². The van der Waals surface area contributed by atoms with Crippen molar-refractivity contribution in [2.45, 2.75) is 45.6 Å². The Hall–Kier alpha value is -0.610. The van der Waals surface area contributed by atoms with Crippen molar-refractivity contribution >= 4 is 35.8 Å². The second kappa shape index (κ2) is 12.3. The summed E-state index contributed by atoms with van der Waals surface area (Å²) in [6.45, 7) is 13.2. The molecule has 0 saturated carbocycles. The molecule has 7 nitrogen and oxygen atoms in total. The van der Waals surface area contributed by atoms with Crippen LogP contribution in [0.4, 0.5) is 0 Å². The number of likely N-dealkylation sites (tertiary alicyclic amines) is 1. The number of piperazine rings is 1. The van der Waals surface area contributed by atoms with Gasteiger partial charge in [-0.15, -0.1) is 24.0 Å². The third kappa shape index (κ3) is 7.24. The van der Waals surface area contributed by atoms with Crippen molar-refractivity contribution in [1.82, 2.24) is 20.0 Å². The summed E-state index contributed by atoms with van der Waals surface area (Å²) >= 11 is 0. The number of rotatable bonds is 5. The molecule has 29 heavy (non-hydrogen) atoms. The van der Waals surface area contributed by atoms with Crippen molar-refractivity contribution in [3.63, 3.8) is 0 Å². The molecule has 3 unspecified atom stereocenters. The minimum Gasteiger partial charge on any atom is -0.368 e. The highest BCUT2D eigenvalue weighted by Crippen LogP contribution is 2.20. The van der Waals surface area contributed by atoms with Crippen LogP contribution in [0.3, 0.4) is 0 Å². The van der Waals surface area contributed by atoms with E-state index in [0.29, 0.717) is 0 Å². The summed E-state index contributed by atoms with van der Waals surface area (Å²) in [7, 11) is 1.85. The zero-order valence-electron chi connectivity index (χ0n) is 18.4. The smallest absolute Gasteiger partial charge is 0.251 e. The van der Waals surface area contributed by atoms with E-state index in [9.17, 15) is 4.79 Å². The number of nitrogens with zero attached hydrogens (tertiary/aromatic N) is 4. The van der Waals surface area contributed by atoms with Crippen LogP contribution in [0, 0.1) is 11.8 Å². The summed E-state index contributed by atoms with van der Waals surface area (Å²) in [5, 5.41) is 3.52. The van der Waals surface area contributed by atoms with E-state index in [4.69, 9.17) is 4.74 Å². The molecule has 0 spiro atoms. The Labute approximate surface area is 193 Å². The Bertz CT molecular complexity index is 523. The van der Waals surface area contributed by atoms with Gasteiger partial charge in [-0.05, 0) is 44.1 Å². The predicted molar refractivity (Wildman–Crippen MR) is 128 cm³/mol. The van der Waals surface area contributed by atoms with Crippen LogP contribution in [0.15, 0.2) is 4.99 Å². The number of hydrogen-bond acceptors (Lipinski definition) is 4. The molecule has 3 atom stereocenters.